The molecule has 8 heteroatoms. The van der Waals surface area contributed by atoms with E-state index in [0.717, 1.165) is 42.4 Å². The van der Waals surface area contributed by atoms with Gasteiger partial charge < -0.3 is 9.72 Å². The Bertz CT molecular complexity index is 1060. The molecule has 0 amide bonds. The van der Waals surface area contributed by atoms with Crippen LogP contribution in [0.25, 0.3) is 10.9 Å². The second-order valence-corrected chi connectivity index (χ2v) is 8.33. The summed E-state index contributed by atoms with van der Waals surface area (Å²) in [4.78, 5) is 18.1. The number of benzene rings is 2. The molecule has 178 valence electrons. The summed E-state index contributed by atoms with van der Waals surface area (Å²) in [6.07, 6.45) is -0.744. The van der Waals surface area contributed by atoms with Crippen LogP contribution in [0.15, 0.2) is 48.7 Å². The van der Waals surface area contributed by atoms with Gasteiger partial charge in [0.25, 0.3) is 0 Å². The first-order valence-electron chi connectivity index (χ1n) is 11.1. The van der Waals surface area contributed by atoms with E-state index in [1.807, 2.05) is 19.9 Å². The van der Waals surface area contributed by atoms with Crippen molar-refractivity contribution in [3.8, 4) is 5.75 Å². The second kappa shape index (κ2) is 11.1. The molecule has 1 N–H and O–H groups in total. The van der Waals surface area contributed by atoms with E-state index in [4.69, 9.17) is 16.3 Å². The molecule has 2 heterocycles. The van der Waals surface area contributed by atoms with Crippen LogP contribution in [0.2, 0.25) is 5.02 Å². The van der Waals surface area contributed by atoms with Gasteiger partial charge in [-0.05, 0) is 61.9 Å². The Labute approximate surface area is 196 Å². The number of ketones is 1. The predicted molar refractivity (Wildman–Crippen MR) is 125 cm³/mol. The van der Waals surface area contributed by atoms with Gasteiger partial charge in [-0.2, -0.15) is 13.2 Å². The Morgan fingerprint density at radius 1 is 1.18 bits per heavy atom. The Hall–Kier alpha value is -2.51. The van der Waals surface area contributed by atoms with Gasteiger partial charge in [0.2, 0.25) is 0 Å². The quantitative estimate of drug-likeness (QED) is 0.393. The zero-order chi connectivity index (χ0) is 24.0. The summed E-state index contributed by atoms with van der Waals surface area (Å²) in [5.41, 5.74) is 0.801. The second-order valence-electron chi connectivity index (χ2n) is 7.89. The van der Waals surface area contributed by atoms with Crippen LogP contribution in [0, 0.1) is 5.92 Å². The molecule has 1 atom stereocenters. The number of hydrogen-bond acceptors (Lipinski definition) is 3. The first kappa shape index (κ1) is 25.1. The van der Waals surface area contributed by atoms with Crippen LogP contribution in [0.1, 0.15) is 42.6 Å². The van der Waals surface area contributed by atoms with Gasteiger partial charge >= 0.3 is 6.18 Å². The number of Topliss-reactive ketones (excluding diaryl/α,β-unsaturated/α-hetero) is 1. The largest absolute Gasteiger partial charge is 0.493 e. The summed E-state index contributed by atoms with van der Waals surface area (Å²) in [6.45, 7) is 6.23. The number of fused-ring (bicyclic) bond motifs is 1. The molecule has 1 unspecified atom stereocenters. The number of carbonyl (C=O) groups excluding carboxylic acids is 1. The maximum Gasteiger partial charge on any atom is 0.416 e. The maximum absolute atomic E-state index is 12.9. The average Bonchev–Trinajstić information content (AvgIpc) is 3.22. The molecule has 0 aliphatic carbocycles. The fourth-order valence-electron chi connectivity index (χ4n) is 4.00. The molecule has 1 aromatic heterocycles. The lowest BCUT2D eigenvalue weighted by Crippen LogP contribution is -2.40. The van der Waals surface area contributed by atoms with Gasteiger partial charge in [0, 0.05) is 40.1 Å². The Balaban J connectivity index is 0.00000149. The van der Waals surface area contributed by atoms with Gasteiger partial charge in [0.1, 0.15) is 5.75 Å². The van der Waals surface area contributed by atoms with Crippen molar-refractivity contribution in [1.29, 1.82) is 0 Å². The highest BCUT2D eigenvalue weighted by Gasteiger charge is 2.30. The van der Waals surface area contributed by atoms with Crippen LogP contribution >= 0.6 is 11.6 Å². The molecule has 1 fully saturated rings. The number of carbonyl (C=O) groups is 1. The number of H-pyrrole nitrogens is 1. The van der Waals surface area contributed by atoms with E-state index in [1.54, 1.807) is 18.3 Å². The van der Waals surface area contributed by atoms with Crippen LogP contribution in [0.5, 0.6) is 5.75 Å². The van der Waals surface area contributed by atoms with Crippen molar-refractivity contribution >= 4 is 28.3 Å². The van der Waals surface area contributed by atoms with E-state index >= 15 is 0 Å². The minimum absolute atomic E-state index is 0.0258. The summed E-state index contributed by atoms with van der Waals surface area (Å²) in [5.74, 6) is 0.649. The molecule has 33 heavy (non-hydrogen) atoms. The van der Waals surface area contributed by atoms with Gasteiger partial charge in [0.15, 0.2) is 5.78 Å². The summed E-state index contributed by atoms with van der Waals surface area (Å²) >= 11 is 6.07. The van der Waals surface area contributed by atoms with Crippen molar-refractivity contribution in [1.82, 2.24) is 9.88 Å². The molecule has 1 aliphatic rings. The molecule has 3 aromatic rings. The third-order valence-corrected chi connectivity index (χ3v) is 5.82. The van der Waals surface area contributed by atoms with E-state index in [2.05, 4.69) is 9.88 Å². The number of hydrogen-bond donors (Lipinski definition) is 1. The fraction of sp³-hybridized carbons (Fsp3) is 0.400. The fourth-order valence-corrected chi connectivity index (χ4v) is 4.17. The zero-order valence-electron chi connectivity index (χ0n) is 18.7. The minimum Gasteiger partial charge on any atom is -0.493 e. The van der Waals surface area contributed by atoms with Gasteiger partial charge in [-0.3, -0.25) is 9.69 Å². The highest BCUT2D eigenvalue weighted by atomic mass is 35.5. The van der Waals surface area contributed by atoms with Crippen LogP contribution in [0.3, 0.4) is 0 Å². The highest BCUT2D eigenvalue weighted by Crippen LogP contribution is 2.30. The highest BCUT2D eigenvalue weighted by molar-refractivity contribution is 6.31. The van der Waals surface area contributed by atoms with E-state index in [9.17, 15) is 18.0 Å². The third-order valence-electron chi connectivity index (χ3n) is 5.58. The van der Waals surface area contributed by atoms with Crippen LogP contribution in [0.4, 0.5) is 13.2 Å². The SMILES string of the molecule is CC.O=C(CN1CCCC(COc2ccc(C(F)(F)F)cc2)C1)c1c[nH]c2ccc(Cl)cc12. The van der Waals surface area contributed by atoms with E-state index in [1.165, 1.54) is 12.1 Å². The molecule has 0 saturated carbocycles. The number of piperidine rings is 1. The van der Waals surface area contributed by atoms with Crippen molar-refractivity contribution in [2.24, 2.45) is 5.92 Å². The molecular formula is C25H28ClF3N2O2. The van der Waals surface area contributed by atoms with Gasteiger partial charge in [-0.25, -0.2) is 0 Å². The number of ether oxygens (including phenoxy) is 1. The number of nitrogens with zero attached hydrogens (tertiary/aromatic N) is 1. The summed E-state index contributed by atoms with van der Waals surface area (Å²) < 4.78 is 43.7. The minimum atomic E-state index is -4.36. The van der Waals surface area contributed by atoms with Gasteiger partial charge in [0.05, 0.1) is 18.7 Å². The van der Waals surface area contributed by atoms with Crippen molar-refractivity contribution in [2.45, 2.75) is 32.9 Å². The average molecular weight is 481 g/mol. The number of aromatic amines is 1. The molecule has 2 aromatic carbocycles. The number of nitrogens with one attached hydrogen (secondary N) is 1. The van der Waals surface area contributed by atoms with Crippen LogP contribution < -0.4 is 4.74 Å². The summed E-state index contributed by atoms with van der Waals surface area (Å²) in [6, 6.07) is 10.1. The number of aromatic nitrogens is 1. The summed E-state index contributed by atoms with van der Waals surface area (Å²) in [7, 11) is 0. The van der Waals surface area contributed by atoms with Crippen LogP contribution in [-0.4, -0.2) is 41.9 Å². The molecule has 1 saturated heterocycles. The Morgan fingerprint density at radius 2 is 1.91 bits per heavy atom. The van der Waals surface area contributed by atoms with Gasteiger partial charge in [-0.15, -0.1) is 0 Å². The number of alkyl halides is 3. The van der Waals surface area contributed by atoms with Crippen molar-refractivity contribution in [3.05, 3.63) is 64.8 Å². The standard InChI is InChI=1S/C23H22ClF3N2O2.C2H6/c24-17-5-8-21-19(10-17)20(11-28-21)22(30)13-29-9-1-2-15(12-29)14-31-18-6-3-16(4-7-18)23(25,26)27;1-2/h3-8,10-11,15,28H,1-2,9,12-14H2;1-2H3. The van der Waals surface area contributed by atoms with Crippen LogP contribution in [-0.2, 0) is 6.18 Å². The Morgan fingerprint density at radius 3 is 2.61 bits per heavy atom. The third kappa shape index (κ3) is 6.51. The monoisotopic (exact) mass is 480 g/mol. The first-order chi connectivity index (χ1) is 15.8. The molecule has 4 rings (SSSR count). The molecule has 1 aliphatic heterocycles. The van der Waals surface area contributed by atoms with E-state index in [0.29, 0.717) is 36.0 Å². The number of rotatable bonds is 6. The van der Waals surface area contributed by atoms with Crippen molar-refractivity contribution in [2.75, 3.05) is 26.2 Å². The summed E-state index contributed by atoms with van der Waals surface area (Å²) in [5, 5.41) is 1.40. The predicted octanol–water partition coefficient (Wildman–Crippen LogP) is 6.84. The Kier molecular flexibility index (Phi) is 8.43. The zero-order valence-corrected chi connectivity index (χ0v) is 19.5. The lowest BCUT2D eigenvalue weighted by atomic mass is 9.98. The van der Waals surface area contributed by atoms with Gasteiger partial charge in [-0.1, -0.05) is 25.4 Å². The maximum atomic E-state index is 12.9. The van der Waals surface area contributed by atoms with Crippen molar-refractivity contribution < 1.29 is 22.7 Å². The number of halogens is 4. The molecule has 0 spiro atoms. The molecular weight excluding hydrogens is 453 g/mol. The lowest BCUT2D eigenvalue weighted by Gasteiger charge is -2.32. The van der Waals surface area contributed by atoms with E-state index in [-0.39, 0.29) is 11.7 Å². The first-order valence-corrected chi connectivity index (χ1v) is 11.5. The normalized spacial score (nSPS) is 16.8. The van der Waals surface area contributed by atoms with E-state index < -0.39 is 11.7 Å². The topological polar surface area (TPSA) is 45.3 Å². The molecule has 0 radical (unpaired) electrons. The molecule has 0 bridgehead atoms. The smallest absolute Gasteiger partial charge is 0.416 e. The number of likely N-dealkylation sites (tertiary alicyclic amines) is 1. The lowest BCUT2D eigenvalue weighted by molar-refractivity contribution is -0.137. The molecule has 4 nitrogen and oxygen atoms in total. The van der Waals surface area contributed by atoms with Crippen molar-refractivity contribution in [3.63, 3.8) is 0 Å².